The van der Waals surface area contributed by atoms with Gasteiger partial charge < -0.3 is 5.73 Å². The van der Waals surface area contributed by atoms with E-state index < -0.39 is 0 Å². The van der Waals surface area contributed by atoms with Gasteiger partial charge in [-0.15, -0.1) is 0 Å². The standard InChI is InChI=1S/C17H20Cl2N2/c1-12-3-5-13(6-4-12)11-21(2)17(10-20)15-8-7-14(18)9-16(15)19/h3-9,17H,10-11,20H2,1-2H3. The number of rotatable bonds is 5. The first-order valence-corrected chi connectivity index (χ1v) is 7.67. The van der Waals surface area contributed by atoms with Crippen LogP contribution in [0.3, 0.4) is 0 Å². The SMILES string of the molecule is Cc1ccc(CN(C)C(CN)c2ccc(Cl)cc2Cl)cc1. The molecular formula is C17H20Cl2N2. The van der Waals surface area contributed by atoms with Crippen molar-refractivity contribution in [2.24, 2.45) is 5.73 Å². The number of nitrogens with zero attached hydrogens (tertiary/aromatic N) is 1. The molecule has 0 bridgehead atoms. The molecule has 2 N–H and O–H groups in total. The summed E-state index contributed by atoms with van der Waals surface area (Å²) in [5.41, 5.74) is 9.49. The van der Waals surface area contributed by atoms with Gasteiger partial charge in [-0.25, -0.2) is 0 Å². The van der Waals surface area contributed by atoms with Crippen LogP contribution in [0.4, 0.5) is 0 Å². The molecule has 0 amide bonds. The van der Waals surface area contributed by atoms with Crippen LogP contribution < -0.4 is 5.73 Å². The van der Waals surface area contributed by atoms with Crippen molar-refractivity contribution in [3.8, 4) is 0 Å². The molecule has 1 unspecified atom stereocenters. The Hall–Kier alpha value is -1.06. The molecule has 0 spiro atoms. The van der Waals surface area contributed by atoms with E-state index in [0.717, 1.165) is 12.1 Å². The number of likely N-dealkylation sites (N-methyl/N-ethyl adjacent to an activating group) is 1. The minimum Gasteiger partial charge on any atom is -0.329 e. The van der Waals surface area contributed by atoms with Crippen LogP contribution in [-0.4, -0.2) is 18.5 Å². The van der Waals surface area contributed by atoms with Crippen LogP contribution in [0.15, 0.2) is 42.5 Å². The second-order valence-electron chi connectivity index (χ2n) is 5.32. The Bertz CT molecular complexity index is 596. The van der Waals surface area contributed by atoms with Crippen molar-refractivity contribution >= 4 is 23.2 Å². The molecule has 2 nitrogen and oxygen atoms in total. The van der Waals surface area contributed by atoms with Gasteiger partial charge in [0.05, 0.1) is 0 Å². The van der Waals surface area contributed by atoms with Gasteiger partial charge in [-0.3, -0.25) is 4.90 Å². The number of nitrogens with two attached hydrogens (primary N) is 1. The van der Waals surface area contributed by atoms with Gasteiger partial charge in [0, 0.05) is 29.2 Å². The molecule has 2 aromatic carbocycles. The van der Waals surface area contributed by atoms with Crippen molar-refractivity contribution in [3.63, 3.8) is 0 Å². The first-order valence-electron chi connectivity index (χ1n) is 6.92. The summed E-state index contributed by atoms with van der Waals surface area (Å²) >= 11 is 12.3. The van der Waals surface area contributed by atoms with Crippen molar-refractivity contribution in [1.29, 1.82) is 0 Å². The Balaban J connectivity index is 2.18. The van der Waals surface area contributed by atoms with Gasteiger partial charge in [-0.1, -0.05) is 59.1 Å². The molecule has 2 aromatic rings. The van der Waals surface area contributed by atoms with E-state index in [-0.39, 0.29) is 6.04 Å². The fraction of sp³-hybridized carbons (Fsp3) is 0.294. The van der Waals surface area contributed by atoms with Crippen LogP contribution in [0.1, 0.15) is 22.7 Å². The summed E-state index contributed by atoms with van der Waals surface area (Å²) in [5.74, 6) is 0. The maximum Gasteiger partial charge on any atom is 0.0485 e. The van der Waals surface area contributed by atoms with E-state index in [1.165, 1.54) is 11.1 Å². The summed E-state index contributed by atoms with van der Waals surface area (Å²) < 4.78 is 0. The van der Waals surface area contributed by atoms with Gasteiger partial charge in [0.1, 0.15) is 0 Å². The number of halogens is 2. The predicted octanol–water partition coefficient (Wildman–Crippen LogP) is 4.43. The normalized spacial score (nSPS) is 12.7. The maximum atomic E-state index is 6.30. The highest BCUT2D eigenvalue weighted by molar-refractivity contribution is 6.35. The lowest BCUT2D eigenvalue weighted by Crippen LogP contribution is -2.30. The Kier molecular flexibility index (Phi) is 5.65. The molecule has 21 heavy (non-hydrogen) atoms. The lowest BCUT2D eigenvalue weighted by molar-refractivity contribution is 0.242. The second-order valence-corrected chi connectivity index (χ2v) is 6.16. The smallest absolute Gasteiger partial charge is 0.0485 e. The van der Waals surface area contributed by atoms with Crippen molar-refractivity contribution < 1.29 is 0 Å². The van der Waals surface area contributed by atoms with Crippen LogP contribution in [0.2, 0.25) is 10.0 Å². The Morgan fingerprint density at radius 1 is 1.10 bits per heavy atom. The van der Waals surface area contributed by atoms with Gasteiger partial charge in [0.15, 0.2) is 0 Å². The first-order chi connectivity index (χ1) is 10.0. The van der Waals surface area contributed by atoms with Gasteiger partial charge in [0.25, 0.3) is 0 Å². The van der Waals surface area contributed by atoms with Crippen LogP contribution in [0, 0.1) is 6.92 Å². The number of aryl methyl sites for hydroxylation is 1. The van der Waals surface area contributed by atoms with E-state index in [1.807, 2.05) is 12.1 Å². The first kappa shape index (κ1) is 16.3. The summed E-state index contributed by atoms with van der Waals surface area (Å²) in [6.45, 7) is 3.41. The second kappa shape index (κ2) is 7.28. The molecule has 0 aliphatic carbocycles. The van der Waals surface area contributed by atoms with E-state index in [2.05, 4.69) is 43.1 Å². The summed E-state index contributed by atoms with van der Waals surface area (Å²) in [7, 11) is 2.06. The van der Waals surface area contributed by atoms with E-state index in [1.54, 1.807) is 6.07 Å². The van der Waals surface area contributed by atoms with E-state index in [4.69, 9.17) is 28.9 Å². The fourth-order valence-corrected chi connectivity index (χ4v) is 2.94. The zero-order valence-electron chi connectivity index (χ0n) is 12.3. The topological polar surface area (TPSA) is 29.3 Å². The molecule has 0 saturated heterocycles. The Labute approximate surface area is 136 Å². The highest BCUT2D eigenvalue weighted by Gasteiger charge is 2.18. The highest BCUT2D eigenvalue weighted by Crippen LogP contribution is 2.29. The lowest BCUT2D eigenvalue weighted by atomic mass is 10.0. The predicted molar refractivity (Wildman–Crippen MR) is 90.9 cm³/mol. The van der Waals surface area contributed by atoms with E-state index in [9.17, 15) is 0 Å². The minimum absolute atomic E-state index is 0.0658. The van der Waals surface area contributed by atoms with Crippen molar-refractivity contribution in [2.75, 3.05) is 13.6 Å². The minimum atomic E-state index is 0.0658. The van der Waals surface area contributed by atoms with E-state index >= 15 is 0 Å². The molecule has 1 atom stereocenters. The Morgan fingerprint density at radius 3 is 2.33 bits per heavy atom. The van der Waals surface area contributed by atoms with Crippen molar-refractivity contribution in [2.45, 2.75) is 19.5 Å². The molecule has 4 heteroatoms. The molecule has 0 heterocycles. The largest absolute Gasteiger partial charge is 0.329 e. The summed E-state index contributed by atoms with van der Waals surface area (Å²) in [5, 5.41) is 1.30. The summed E-state index contributed by atoms with van der Waals surface area (Å²) in [6.07, 6.45) is 0. The van der Waals surface area contributed by atoms with Crippen molar-refractivity contribution in [3.05, 3.63) is 69.2 Å². The fourth-order valence-electron chi connectivity index (χ4n) is 2.41. The average Bonchev–Trinajstić information content (AvgIpc) is 2.44. The number of benzene rings is 2. The number of hydrogen-bond donors (Lipinski definition) is 1. The molecule has 0 radical (unpaired) electrons. The maximum absolute atomic E-state index is 6.30. The van der Waals surface area contributed by atoms with E-state index in [0.29, 0.717) is 16.6 Å². The van der Waals surface area contributed by atoms with Crippen LogP contribution in [0.5, 0.6) is 0 Å². The third kappa shape index (κ3) is 4.21. The molecular weight excluding hydrogens is 303 g/mol. The third-order valence-electron chi connectivity index (χ3n) is 3.63. The zero-order chi connectivity index (χ0) is 15.4. The monoisotopic (exact) mass is 322 g/mol. The highest BCUT2D eigenvalue weighted by atomic mass is 35.5. The zero-order valence-corrected chi connectivity index (χ0v) is 13.8. The molecule has 2 rings (SSSR count). The Morgan fingerprint density at radius 2 is 1.76 bits per heavy atom. The molecule has 112 valence electrons. The molecule has 0 saturated carbocycles. The van der Waals surface area contributed by atoms with Gasteiger partial charge in [0.2, 0.25) is 0 Å². The van der Waals surface area contributed by atoms with Gasteiger partial charge >= 0.3 is 0 Å². The number of hydrogen-bond acceptors (Lipinski definition) is 2. The van der Waals surface area contributed by atoms with Crippen LogP contribution in [0.25, 0.3) is 0 Å². The van der Waals surface area contributed by atoms with Gasteiger partial charge in [-0.05, 0) is 37.2 Å². The average molecular weight is 323 g/mol. The van der Waals surface area contributed by atoms with Crippen LogP contribution >= 0.6 is 23.2 Å². The summed E-state index contributed by atoms with van der Waals surface area (Å²) in [6, 6.07) is 14.2. The third-order valence-corrected chi connectivity index (χ3v) is 4.19. The summed E-state index contributed by atoms with van der Waals surface area (Å²) in [4.78, 5) is 2.21. The molecule has 0 aliphatic heterocycles. The lowest BCUT2D eigenvalue weighted by Gasteiger charge is -2.28. The quantitative estimate of drug-likeness (QED) is 0.882. The molecule has 0 aliphatic rings. The van der Waals surface area contributed by atoms with Gasteiger partial charge in [-0.2, -0.15) is 0 Å². The molecule has 0 aromatic heterocycles. The van der Waals surface area contributed by atoms with Crippen LogP contribution in [-0.2, 0) is 6.54 Å². The van der Waals surface area contributed by atoms with Crippen molar-refractivity contribution in [1.82, 2.24) is 4.90 Å². The molecule has 0 fully saturated rings.